The molecule has 2 rings (SSSR count). The van der Waals surface area contributed by atoms with Crippen molar-refractivity contribution in [3.8, 4) is 5.75 Å². The van der Waals surface area contributed by atoms with E-state index in [0.717, 1.165) is 27.9 Å². The molecule has 0 aliphatic heterocycles. The van der Waals surface area contributed by atoms with Gasteiger partial charge in [0.2, 0.25) is 0 Å². The lowest BCUT2D eigenvalue weighted by atomic mass is 10.1. The average Bonchev–Trinajstić information content (AvgIpc) is 2.91. The summed E-state index contributed by atoms with van der Waals surface area (Å²) in [4.78, 5) is 10.7. The lowest BCUT2D eigenvalue weighted by molar-refractivity contribution is -0.133. The predicted molar refractivity (Wildman–Crippen MR) is 93.8 cm³/mol. The van der Waals surface area contributed by atoms with Gasteiger partial charge >= 0.3 is 5.97 Å². The number of rotatable bonds is 8. The second-order valence-electron chi connectivity index (χ2n) is 5.14. The van der Waals surface area contributed by atoms with Gasteiger partial charge in [0.05, 0.1) is 5.75 Å². The number of carboxylic acids is 1. The number of hydrogen-bond acceptors (Lipinski definition) is 5. The molecular formula is C16H18ClN3O3S. The molecule has 6 nitrogen and oxygen atoms in total. The minimum absolute atomic E-state index is 0.0777. The number of allylic oxidation sites excluding steroid dienone is 1. The van der Waals surface area contributed by atoms with Crippen LogP contribution in [-0.2, 0) is 17.9 Å². The third-order valence-electron chi connectivity index (χ3n) is 3.21. The van der Waals surface area contributed by atoms with Gasteiger partial charge in [-0.25, -0.2) is 0 Å². The van der Waals surface area contributed by atoms with Crippen molar-refractivity contribution >= 4 is 29.3 Å². The second kappa shape index (κ2) is 8.21. The monoisotopic (exact) mass is 367 g/mol. The molecule has 0 amide bonds. The second-order valence-corrected chi connectivity index (χ2v) is 6.46. The van der Waals surface area contributed by atoms with Gasteiger partial charge < -0.3 is 9.84 Å². The molecule has 0 radical (unpaired) electrons. The lowest BCUT2D eigenvalue weighted by Crippen LogP contribution is -2.08. The van der Waals surface area contributed by atoms with Crippen molar-refractivity contribution in [2.45, 2.75) is 32.2 Å². The predicted octanol–water partition coefficient (Wildman–Crippen LogP) is 3.49. The van der Waals surface area contributed by atoms with Gasteiger partial charge in [0.1, 0.15) is 12.4 Å². The number of hydrogen-bond donors (Lipinski definition) is 1. The summed E-state index contributed by atoms with van der Waals surface area (Å²) in [7, 11) is 0. The van der Waals surface area contributed by atoms with Gasteiger partial charge in [-0.2, -0.15) is 0 Å². The first kappa shape index (κ1) is 18.4. The molecule has 0 atom stereocenters. The fourth-order valence-electron chi connectivity index (χ4n) is 2.11. The molecule has 0 spiro atoms. The summed E-state index contributed by atoms with van der Waals surface area (Å²) in [6, 6.07) is 3.73. The van der Waals surface area contributed by atoms with Crippen molar-refractivity contribution in [1.29, 1.82) is 0 Å². The molecule has 2 aromatic rings. The number of ether oxygens (including phenoxy) is 1. The van der Waals surface area contributed by atoms with E-state index in [0.29, 0.717) is 23.3 Å². The average molecular weight is 368 g/mol. The summed E-state index contributed by atoms with van der Waals surface area (Å²) in [5.74, 6) is 0.319. The Kier molecular flexibility index (Phi) is 6.28. The summed E-state index contributed by atoms with van der Waals surface area (Å²) in [5, 5.41) is 18.2. The highest BCUT2D eigenvalue weighted by molar-refractivity contribution is 7.99. The molecule has 0 fully saturated rings. The number of carboxylic acid groups (broad SMARTS) is 1. The standard InChI is InChI=1S/C16H18ClN3O3S/c1-4-5-20-13(18-19-16(20)24-9-14(21)22)8-23-12-6-10(2)15(17)11(3)7-12/h4,6-7H,1,5,8-9H2,2-3H3,(H,21,22). The smallest absolute Gasteiger partial charge is 0.313 e. The highest BCUT2D eigenvalue weighted by Crippen LogP contribution is 2.26. The van der Waals surface area contributed by atoms with Crippen LogP contribution < -0.4 is 4.74 Å². The van der Waals surface area contributed by atoms with Crippen molar-refractivity contribution in [1.82, 2.24) is 14.8 Å². The van der Waals surface area contributed by atoms with E-state index in [4.69, 9.17) is 21.4 Å². The molecule has 0 saturated heterocycles. The van der Waals surface area contributed by atoms with Crippen molar-refractivity contribution in [2.24, 2.45) is 0 Å². The third kappa shape index (κ3) is 4.52. The van der Waals surface area contributed by atoms with Crippen molar-refractivity contribution in [2.75, 3.05) is 5.75 Å². The van der Waals surface area contributed by atoms with E-state index < -0.39 is 5.97 Å². The molecule has 0 aliphatic carbocycles. The van der Waals surface area contributed by atoms with E-state index in [1.807, 2.05) is 26.0 Å². The number of halogens is 1. The maximum Gasteiger partial charge on any atom is 0.313 e. The summed E-state index contributed by atoms with van der Waals surface area (Å²) in [6.45, 7) is 8.24. The van der Waals surface area contributed by atoms with Crippen molar-refractivity contribution in [3.05, 3.63) is 46.8 Å². The first-order valence-electron chi connectivity index (χ1n) is 7.19. The number of aromatic nitrogens is 3. The van der Waals surface area contributed by atoms with E-state index in [9.17, 15) is 4.79 Å². The maximum absolute atomic E-state index is 10.7. The first-order chi connectivity index (χ1) is 11.4. The van der Waals surface area contributed by atoms with Crippen molar-refractivity contribution < 1.29 is 14.6 Å². The maximum atomic E-state index is 10.7. The zero-order valence-corrected chi connectivity index (χ0v) is 15.0. The van der Waals surface area contributed by atoms with Gasteiger partial charge in [0.15, 0.2) is 11.0 Å². The van der Waals surface area contributed by atoms with Gasteiger partial charge in [-0.1, -0.05) is 29.4 Å². The Labute approximate surface area is 149 Å². The lowest BCUT2D eigenvalue weighted by Gasteiger charge is -2.11. The number of aryl methyl sites for hydroxylation is 2. The van der Waals surface area contributed by atoms with Gasteiger partial charge in [-0.3, -0.25) is 9.36 Å². The Morgan fingerprint density at radius 3 is 2.67 bits per heavy atom. The van der Waals surface area contributed by atoms with E-state index in [1.54, 1.807) is 10.6 Å². The molecule has 0 bridgehead atoms. The molecule has 128 valence electrons. The molecule has 1 heterocycles. The first-order valence-corrected chi connectivity index (χ1v) is 8.55. The number of thioether (sulfide) groups is 1. The zero-order chi connectivity index (χ0) is 17.7. The normalized spacial score (nSPS) is 10.6. The fourth-order valence-corrected chi connectivity index (χ4v) is 2.90. The number of carbonyl (C=O) groups is 1. The van der Waals surface area contributed by atoms with Gasteiger partial charge in [-0.15, -0.1) is 16.8 Å². The van der Waals surface area contributed by atoms with Crippen LogP contribution in [0.15, 0.2) is 29.9 Å². The largest absolute Gasteiger partial charge is 0.486 e. The number of nitrogens with zero attached hydrogens (tertiary/aromatic N) is 3. The van der Waals surface area contributed by atoms with Crippen molar-refractivity contribution in [3.63, 3.8) is 0 Å². The molecule has 8 heteroatoms. The summed E-state index contributed by atoms with van der Waals surface area (Å²) < 4.78 is 7.58. The highest BCUT2D eigenvalue weighted by Gasteiger charge is 2.14. The highest BCUT2D eigenvalue weighted by atomic mass is 35.5. The Morgan fingerprint density at radius 1 is 1.42 bits per heavy atom. The Morgan fingerprint density at radius 2 is 2.08 bits per heavy atom. The quantitative estimate of drug-likeness (QED) is 0.568. The summed E-state index contributed by atoms with van der Waals surface area (Å²) in [5.41, 5.74) is 1.88. The Bertz CT molecular complexity index is 738. The molecular weight excluding hydrogens is 350 g/mol. The van der Waals surface area contributed by atoms with Crippen LogP contribution in [0.4, 0.5) is 0 Å². The molecule has 0 unspecified atom stereocenters. The van der Waals surface area contributed by atoms with Crippen LogP contribution in [0.1, 0.15) is 17.0 Å². The zero-order valence-electron chi connectivity index (χ0n) is 13.5. The van der Waals surface area contributed by atoms with Crippen LogP contribution in [0.2, 0.25) is 5.02 Å². The SMILES string of the molecule is C=CCn1c(COc2cc(C)c(Cl)c(C)c2)nnc1SCC(=O)O. The summed E-state index contributed by atoms with van der Waals surface area (Å²) in [6.07, 6.45) is 1.70. The van der Waals surface area contributed by atoms with E-state index in [1.165, 1.54) is 0 Å². The van der Waals surface area contributed by atoms with Crippen LogP contribution in [-0.4, -0.2) is 31.6 Å². The fraction of sp³-hybridized carbons (Fsp3) is 0.312. The number of aliphatic carboxylic acids is 1. The third-order valence-corrected chi connectivity index (χ3v) is 4.76. The van der Waals surface area contributed by atoms with Gasteiger partial charge in [0.25, 0.3) is 0 Å². The Balaban J connectivity index is 2.14. The summed E-state index contributed by atoms with van der Waals surface area (Å²) >= 11 is 7.27. The van der Waals surface area contributed by atoms with E-state index in [-0.39, 0.29) is 12.4 Å². The molecule has 0 aliphatic rings. The number of benzene rings is 1. The van der Waals surface area contributed by atoms with Crippen LogP contribution in [0, 0.1) is 13.8 Å². The van der Waals surface area contributed by atoms with Gasteiger partial charge in [-0.05, 0) is 37.1 Å². The van der Waals surface area contributed by atoms with Crippen LogP contribution >= 0.6 is 23.4 Å². The molecule has 1 N–H and O–H groups in total. The molecule has 1 aromatic heterocycles. The minimum Gasteiger partial charge on any atom is -0.486 e. The van der Waals surface area contributed by atoms with E-state index >= 15 is 0 Å². The van der Waals surface area contributed by atoms with Crippen LogP contribution in [0.5, 0.6) is 5.75 Å². The van der Waals surface area contributed by atoms with Crippen LogP contribution in [0.25, 0.3) is 0 Å². The molecule has 1 aromatic carbocycles. The molecule has 0 saturated carbocycles. The molecule has 24 heavy (non-hydrogen) atoms. The topological polar surface area (TPSA) is 77.2 Å². The minimum atomic E-state index is -0.905. The van der Waals surface area contributed by atoms with Gasteiger partial charge in [0, 0.05) is 11.6 Å². The Hall–Kier alpha value is -1.99. The van der Waals surface area contributed by atoms with E-state index in [2.05, 4.69) is 16.8 Å². The van der Waals surface area contributed by atoms with Crippen LogP contribution in [0.3, 0.4) is 0 Å².